The fourth-order valence-electron chi connectivity index (χ4n) is 2.49. The summed E-state index contributed by atoms with van der Waals surface area (Å²) in [6, 6.07) is 14.2. The Kier molecular flexibility index (Phi) is 3.86. The second-order valence-corrected chi connectivity index (χ2v) is 5.32. The first-order valence-corrected chi connectivity index (χ1v) is 7.06. The Labute approximate surface area is 127 Å². The summed E-state index contributed by atoms with van der Waals surface area (Å²) >= 11 is 6.01. The number of fused-ring (bicyclic) bond motifs is 1. The molecule has 1 aromatic heterocycles. The third-order valence-corrected chi connectivity index (χ3v) is 3.96. The van der Waals surface area contributed by atoms with Gasteiger partial charge in [-0.1, -0.05) is 41.9 Å². The lowest BCUT2D eigenvalue weighted by Gasteiger charge is -2.15. The molecule has 1 unspecified atom stereocenters. The Hall–Kier alpha value is -1.97. The van der Waals surface area contributed by atoms with Crippen LogP contribution in [0, 0.1) is 5.82 Å². The minimum Gasteiger partial charge on any atom is -0.324 e. The van der Waals surface area contributed by atoms with Gasteiger partial charge in [0.05, 0.1) is 10.5 Å². The highest BCUT2D eigenvalue weighted by Crippen LogP contribution is 2.28. The molecule has 0 saturated heterocycles. The number of pyridine rings is 1. The molecule has 3 aromatic rings. The van der Waals surface area contributed by atoms with E-state index in [9.17, 15) is 4.39 Å². The third kappa shape index (κ3) is 2.75. The highest BCUT2D eigenvalue weighted by atomic mass is 35.5. The zero-order chi connectivity index (χ0) is 14.8. The molecule has 0 aliphatic rings. The van der Waals surface area contributed by atoms with Gasteiger partial charge in [-0.2, -0.15) is 0 Å². The van der Waals surface area contributed by atoms with Crippen molar-refractivity contribution in [2.45, 2.75) is 12.5 Å². The Morgan fingerprint density at radius 2 is 1.90 bits per heavy atom. The SMILES string of the molecule is NC(Cc1ccnc2ccccc12)c1cccc(F)c1Cl. The molecule has 21 heavy (non-hydrogen) atoms. The van der Waals surface area contributed by atoms with Gasteiger partial charge in [-0.25, -0.2) is 4.39 Å². The number of nitrogens with zero attached hydrogens (tertiary/aromatic N) is 1. The maximum absolute atomic E-state index is 13.5. The van der Waals surface area contributed by atoms with Crippen molar-refractivity contribution in [1.29, 1.82) is 0 Å². The Morgan fingerprint density at radius 1 is 1.10 bits per heavy atom. The minimum absolute atomic E-state index is 0.100. The van der Waals surface area contributed by atoms with E-state index in [2.05, 4.69) is 4.98 Å². The first-order valence-electron chi connectivity index (χ1n) is 6.69. The van der Waals surface area contributed by atoms with E-state index in [1.165, 1.54) is 6.07 Å². The maximum Gasteiger partial charge on any atom is 0.142 e. The molecule has 106 valence electrons. The summed E-state index contributed by atoms with van der Waals surface area (Å²) < 4.78 is 13.5. The lowest BCUT2D eigenvalue weighted by Crippen LogP contribution is -2.14. The van der Waals surface area contributed by atoms with E-state index in [-0.39, 0.29) is 11.1 Å². The summed E-state index contributed by atoms with van der Waals surface area (Å²) in [5.74, 6) is -0.441. The average molecular weight is 301 g/mol. The van der Waals surface area contributed by atoms with Crippen molar-refractivity contribution in [1.82, 2.24) is 4.98 Å². The van der Waals surface area contributed by atoms with Gasteiger partial charge in [0.15, 0.2) is 0 Å². The van der Waals surface area contributed by atoms with E-state index in [1.54, 1.807) is 18.3 Å². The van der Waals surface area contributed by atoms with Crippen LogP contribution in [0.1, 0.15) is 17.2 Å². The van der Waals surface area contributed by atoms with Gasteiger partial charge in [0, 0.05) is 17.6 Å². The van der Waals surface area contributed by atoms with Crippen LogP contribution in [-0.4, -0.2) is 4.98 Å². The van der Waals surface area contributed by atoms with Gasteiger partial charge >= 0.3 is 0 Å². The second-order valence-electron chi connectivity index (χ2n) is 4.94. The molecule has 0 fully saturated rings. The van der Waals surface area contributed by atoms with Gasteiger partial charge in [0.25, 0.3) is 0 Å². The van der Waals surface area contributed by atoms with E-state index < -0.39 is 5.82 Å². The molecule has 0 bridgehead atoms. The summed E-state index contributed by atoms with van der Waals surface area (Å²) in [7, 11) is 0. The molecule has 0 aliphatic carbocycles. The van der Waals surface area contributed by atoms with Crippen molar-refractivity contribution < 1.29 is 4.39 Å². The predicted octanol–water partition coefficient (Wildman–Crippen LogP) is 4.27. The van der Waals surface area contributed by atoms with Gasteiger partial charge in [-0.3, -0.25) is 4.98 Å². The summed E-state index contributed by atoms with van der Waals surface area (Å²) in [5.41, 5.74) is 8.84. The molecule has 0 amide bonds. The predicted molar refractivity (Wildman–Crippen MR) is 83.8 cm³/mol. The van der Waals surface area contributed by atoms with Gasteiger partial charge in [0.1, 0.15) is 5.82 Å². The molecule has 3 rings (SSSR count). The molecule has 0 saturated carbocycles. The quantitative estimate of drug-likeness (QED) is 0.784. The zero-order valence-electron chi connectivity index (χ0n) is 11.3. The highest BCUT2D eigenvalue weighted by molar-refractivity contribution is 6.31. The molecular formula is C17H14ClFN2. The number of nitrogens with two attached hydrogens (primary N) is 1. The van der Waals surface area contributed by atoms with Gasteiger partial charge in [0.2, 0.25) is 0 Å². The minimum atomic E-state index is -0.441. The van der Waals surface area contributed by atoms with E-state index >= 15 is 0 Å². The van der Waals surface area contributed by atoms with Crippen molar-refractivity contribution in [2.24, 2.45) is 5.73 Å². The van der Waals surface area contributed by atoms with E-state index in [0.29, 0.717) is 12.0 Å². The van der Waals surface area contributed by atoms with Crippen LogP contribution < -0.4 is 5.73 Å². The molecule has 0 aliphatic heterocycles. The Bertz CT molecular complexity index is 783. The van der Waals surface area contributed by atoms with Crippen molar-refractivity contribution >= 4 is 22.5 Å². The van der Waals surface area contributed by atoms with Gasteiger partial charge < -0.3 is 5.73 Å². The average Bonchev–Trinajstić information content (AvgIpc) is 2.50. The smallest absolute Gasteiger partial charge is 0.142 e. The molecule has 0 spiro atoms. The molecule has 1 atom stereocenters. The standard InChI is InChI=1S/C17H14ClFN2/c18-17-13(5-3-6-14(17)19)15(20)10-11-8-9-21-16-7-2-1-4-12(11)16/h1-9,15H,10,20H2. The van der Waals surface area contributed by atoms with Gasteiger partial charge in [-0.05, 0) is 35.7 Å². The molecule has 1 heterocycles. The molecule has 4 heteroatoms. The van der Waals surface area contributed by atoms with E-state index in [1.807, 2.05) is 30.3 Å². The summed E-state index contributed by atoms with van der Waals surface area (Å²) in [5, 5.41) is 1.16. The molecular weight excluding hydrogens is 287 g/mol. The lowest BCUT2D eigenvalue weighted by molar-refractivity contribution is 0.619. The van der Waals surface area contributed by atoms with E-state index in [4.69, 9.17) is 17.3 Å². The van der Waals surface area contributed by atoms with Crippen molar-refractivity contribution in [3.05, 3.63) is 76.7 Å². The monoisotopic (exact) mass is 300 g/mol. The van der Waals surface area contributed by atoms with Crippen LogP contribution in [0.25, 0.3) is 10.9 Å². The first-order chi connectivity index (χ1) is 10.2. The second kappa shape index (κ2) is 5.80. The number of aromatic nitrogens is 1. The van der Waals surface area contributed by atoms with Crippen molar-refractivity contribution in [3.8, 4) is 0 Å². The molecule has 2 aromatic carbocycles. The molecule has 2 N–H and O–H groups in total. The fraction of sp³-hybridized carbons (Fsp3) is 0.118. The van der Waals surface area contributed by atoms with E-state index in [0.717, 1.165) is 16.5 Å². The topological polar surface area (TPSA) is 38.9 Å². The first kappa shape index (κ1) is 14.0. The van der Waals surface area contributed by atoms with Crippen LogP contribution in [0.4, 0.5) is 4.39 Å². The normalized spacial score (nSPS) is 12.5. The van der Waals surface area contributed by atoms with Crippen molar-refractivity contribution in [3.63, 3.8) is 0 Å². The summed E-state index contributed by atoms with van der Waals surface area (Å²) in [4.78, 5) is 4.33. The Morgan fingerprint density at radius 3 is 2.76 bits per heavy atom. The van der Waals surface area contributed by atoms with Gasteiger partial charge in [-0.15, -0.1) is 0 Å². The number of rotatable bonds is 3. The van der Waals surface area contributed by atoms with Crippen LogP contribution in [0.2, 0.25) is 5.02 Å². The lowest BCUT2D eigenvalue weighted by atomic mass is 9.97. The largest absolute Gasteiger partial charge is 0.324 e. The summed E-state index contributed by atoms with van der Waals surface area (Å²) in [6.45, 7) is 0. The number of para-hydroxylation sites is 1. The van der Waals surface area contributed by atoms with Crippen LogP contribution in [0.15, 0.2) is 54.7 Å². The highest BCUT2D eigenvalue weighted by Gasteiger charge is 2.15. The number of halogens is 2. The van der Waals surface area contributed by atoms with Crippen LogP contribution in [0.5, 0.6) is 0 Å². The Balaban J connectivity index is 1.97. The number of benzene rings is 2. The van der Waals surface area contributed by atoms with Crippen LogP contribution in [0.3, 0.4) is 0 Å². The molecule has 2 nitrogen and oxygen atoms in total. The van der Waals surface area contributed by atoms with Crippen LogP contribution >= 0.6 is 11.6 Å². The maximum atomic E-state index is 13.5. The van der Waals surface area contributed by atoms with Crippen LogP contribution in [-0.2, 0) is 6.42 Å². The van der Waals surface area contributed by atoms with Crippen molar-refractivity contribution in [2.75, 3.05) is 0 Å². The number of hydrogen-bond donors (Lipinski definition) is 1. The summed E-state index contributed by atoms with van der Waals surface area (Å²) in [6.07, 6.45) is 2.34. The zero-order valence-corrected chi connectivity index (χ0v) is 12.0. The number of hydrogen-bond acceptors (Lipinski definition) is 2. The fourth-order valence-corrected chi connectivity index (χ4v) is 2.75. The third-order valence-electron chi connectivity index (χ3n) is 3.56. The molecule has 0 radical (unpaired) electrons.